The Bertz CT molecular complexity index is 1850. The van der Waals surface area contributed by atoms with Crippen LogP contribution in [0.2, 0.25) is 0 Å². The number of hydrogen-bond donors (Lipinski definition) is 3. The Morgan fingerprint density at radius 3 is 0.800 bits per heavy atom. The molecule has 0 aromatic rings. The van der Waals surface area contributed by atoms with Crippen molar-refractivity contribution >= 4 is 39.5 Å². The van der Waals surface area contributed by atoms with Crippen molar-refractivity contribution in [2.75, 3.05) is 39.6 Å². The van der Waals surface area contributed by atoms with Crippen molar-refractivity contribution in [3.05, 3.63) is 0 Å². The van der Waals surface area contributed by atoms with Gasteiger partial charge in [0.25, 0.3) is 0 Å². The van der Waals surface area contributed by atoms with Gasteiger partial charge in [-0.1, -0.05) is 337 Å². The second kappa shape index (κ2) is 66.6. The number of aliphatic hydroxyl groups is 1. The van der Waals surface area contributed by atoms with E-state index >= 15 is 0 Å². The van der Waals surface area contributed by atoms with Crippen molar-refractivity contribution in [1.29, 1.82) is 0 Å². The number of ether oxygens (including phenoxy) is 4. The molecule has 95 heavy (non-hydrogen) atoms. The van der Waals surface area contributed by atoms with Crippen molar-refractivity contribution < 1.29 is 80.2 Å². The molecule has 0 bridgehead atoms. The van der Waals surface area contributed by atoms with E-state index < -0.39 is 97.5 Å². The lowest BCUT2D eigenvalue weighted by atomic mass is 10.00. The summed E-state index contributed by atoms with van der Waals surface area (Å²) in [6, 6.07) is 0. The predicted octanol–water partition coefficient (Wildman–Crippen LogP) is 22.2. The molecule has 0 aromatic heterocycles. The molecule has 19 heteroatoms. The smallest absolute Gasteiger partial charge is 0.462 e. The molecule has 0 aromatic carbocycles. The highest BCUT2D eigenvalue weighted by Gasteiger charge is 2.30. The molecule has 6 atom stereocenters. The summed E-state index contributed by atoms with van der Waals surface area (Å²) in [6.45, 7) is 11.9. The average molecular weight is 1400 g/mol. The third kappa shape index (κ3) is 69.0. The number of rotatable bonds is 74. The van der Waals surface area contributed by atoms with Crippen LogP contribution in [0.4, 0.5) is 0 Å². The summed E-state index contributed by atoms with van der Waals surface area (Å²) in [7, 11) is -9.91. The van der Waals surface area contributed by atoms with Gasteiger partial charge in [0, 0.05) is 25.7 Å². The highest BCUT2D eigenvalue weighted by molar-refractivity contribution is 7.47. The molecular formula is C76H148O17P2. The summed E-state index contributed by atoms with van der Waals surface area (Å²) in [5.74, 6) is 0.198. The topological polar surface area (TPSA) is 237 Å². The Morgan fingerprint density at radius 1 is 0.305 bits per heavy atom. The minimum absolute atomic E-state index is 0.106. The number of unbranched alkanes of at least 4 members (excludes halogenated alkanes) is 41. The molecule has 3 unspecified atom stereocenters. The predicted molar refractivity (Wildman–Crippen MR) is 386 cm³/mol. The minimum atomic E-state index is -4.96. The van der Waals surface area contributed by atoms with Crippen molar-refractivity contribution in [3.8, 4) is 0 Å². The quantitative estimate of drug-likeness (QED) is 0.0222. The van der Waals surface area contributed by atoms with Gasteiger partial charge in [0.05, 0.1) is 26.4 Å². The van der Waals surface area contributed by atoms with Crippen LogP contribution in [-0.2, 0) is 65.4 Å². The summed E-state index contributed by atoms with van der Waals surface area (Å²) >= 11 is 0. The van der Waals surface area contributed by atoms with E-state index in [1.807, 2.05) is 0 Å². The van der Waals surface area contributed by atoms with Crippen LogP contribution in [0.25, 0.3) is 0 Å². The monoisotopic (exact) mass is 1400 g/mol. The van der Waals surface area contributed by atoms with Crippen LogP contribution in [0, 0.1) is 17.8 Å². The van der Waals surface area contributed by atoms with E-state index in [1.165, 1.54) is 193 Å². The number of carbonyl (C=O) groups excluding carboxylic acids is 4. The maximum atomic E-state index is 13.1. The maximum Gasteiger partial charge on any atom is 0.472 e. The molecule has 0 spiro atoms. The van der Waals surface area contributed by atoms with Crippen molar-refractivity contribution in [2.45, 2.75) is 407 Å². The van der Waals surface area contributed by atoms with Gasteiger partial charge >= 0.3 is 39.5 Å². The van der Waals surface area contributed by atoms with Crippen LogP contribution in [0.3, 0.4) is 0 Å². The summed E-state index contributed by atoms with van der Waals surface area (Å²) in [4.78, 5) is 72.8. The standard InChI is InChI=1S/C76H148O17P2/c1-8-10-11-12-13-14-15-25-31-36-45-52-59-75(80)93-72(64-87-74(79)58-51-44-39-38-42-49-56-69(7)9-2)66-91-95(84,85)89-62-70(77)61-88-94(82,83)90-65-71(63-86-73(78)57-50-43-35-30-26-22-21-24-29-34-41-48-55-68(5)6)92-76(81)60-53-46-37-32-27-20-18-16-17-19-23-28-33-40-47-54-67(3)4/h67-72,77H,8-66H2,1-7H3,(H,82,83)(H,84,85)/t69?,70-,71-,72-/m1/s1. The lowest BCUT2D eigenvalue weighted by molar-refractivity contribution is -0.161. The molecule has 564 valence electrons. The summed E-state index contributed by atoms with van der Waals surface area (Å²) < 4.78 is 68.5. The highest BCUT2D eigenvalue weighted by Crippen LogP contribution is 2.45. The number of phosphoric ester groups is 2. The molecule has 0 rings (SSSR count). The average Bonchev–Trinajstić information content (AvgIpc) is 1.32. The zero-order chi connectivity index (χ0) is 70.1. The van der Waals surface area contributed by atoms with Crippen LogP contribution >= 0.6 is 15.6 Å². The number of carbonyl (C=O) groups is 4. The van der Waals surface area contributed by atoms with Gasteiger partial charge < -0.3 is 33.8 Å². The van der Waals surface area contributed by atoms with E-state index in [0.717, 1.165) is 114 Å². The Morgan fingerprint density at radius 2 is 0.537 bits per heavy atom. The van der Waals surface area contributed by atoms with E-state index in [2.05, 4.69) is 48.5 Å². The Kier molecular flexibility index (Phi) is 65.2. The second-order valence-electron chi connectivity index (χ2n) is 28.6. The molecule has 0 radical (unpaired) electrons. The SMILES string of the molecule is CCCCCCCCCCCCCCC(=O)O[C@H](COC(=O)CCCCCCCCC(C)CC)COP(=O)(O)OC[C@H](O)COP(=O)(O)OC[C@@H](COC(=O)CCCCCCCCCCCCCCC(C)C)OC(=O)CCCCCCCCCCCCCCCCCC(C)C. The van der Waals surface area contributed by atoms with Crippen molar-refractivity contribution in [3.63, 3.8) is 0 Å². The second-order valence-corrected chi connectivity index (χ2v) is 31.5. The molecule has 0 fully saturated rings. The van der Waals surface area contributed by atoms with E-state index in [4.69, 9.17) is 37.0 Å². The zero-order valence-corrected chi connectivity index (χ0v) is 63.9. The van der Waals surface area contributed by atoms with Gasteiger partial charge in [0.2, 0.25) is 0 Å². The van der Waals surface area contributed by atoms with Gasteiger partial charge in [-0.2, -0.15) is 0 Å². The molecule has 0 aliphatic carbocycles. The largest absolute Gasteiger partial charge is 0.472 e. The number of esters is 4. The van der Waals surface area contributed by atoms with Crippen molar-refractivity contribution in [2.24, 2.45) is 17.8 Å². The summed E-state index contributed by atoms with van der Waals surface area (Å²) in [5, 5.41) is 10.6. The van der Waals surface area contributed by atoms with Gasteiger partial charge in [-0.3, -0.25) is 37.3 Å². The Hall–Kier alpha value is -1.94. The maximum absolute atomic E-state index is 13.1. The van der Waals surface area contributed by atoms with Gasteiger partial charge in [-0.05, 0) is 43.4 Å². The van der Waals surface area contributed by atoms with Crippen molar-refractivity contribution in [1.82, 2.24) is 0 Å². The van der Waals surface area contributed by atoms with Crippen LogP contribution in [0.5, 0.6) is 0 Å². The normalized spacial score (nSPS) is 14.4. The first-order valence-electron chi connectivity index (χ1n) is 39.4. The van der Waals surface area contributed by atoms with Crippen LogP contribution in [0.1, 0.15) is 389 Å². The van der Waals surface area contributed by atoms with Gasteiger partial charge in [-0.15, -0.1) is 0 Å². The molecule has 3 N–H and O–H groups in total. The molecular weight excluding hydrogens is 1250 g/mol. The van der Waals surface area contributed by atoms with Crippen LogP contribution in [-0.4, -0.2) is 96.7 Å². The Labute approximate surface area is 581 Å². The Balaban J connectivity index is 5.25. The van der Waals surface area contributed by atoms with Gasteiger partial charge in [0.15, 0.2) is 12.2 Å². The zero-order valence-electron chi connectivity index (χ0n) is 62.1. The fourth-order valence-corrected chi connectivity index (χ4v) is 13.1. The molecule has 0 heterocycles. The van der Waals surface area contributed by atoms with Crippen LogP contribution in [0.15, 0.2) is 0 Å². The first-order chi connectivity index (χ1) is 45.8. The highest BCUT2D eigenvalue weighted by atomic mass is 31.2. The third-order valence-corrected chi connectivity index (χ3v) is 19.9. The van der Waals surface area contributed by atoms with E-state index in [-0.39, 0.29) is 25.7 Å². The first kappa shape index (κ1) is 93.1. The number of phosphoric acid groups is 2. The molecule has 0 aliphatic rings. The van der Waals surface area contributed by atoms with Crippen LogP contribution < -0.4 is 0 Å². The summed E-state index contributed by atoms with van der Waals surface area (Å²) in [6.07, 6.45) is 52.7. The number of hydrogen-bond acceptors (Lipinski definition) is 15. The molecule has 0 aliphatic heterocycles. The fourth-order valence-electron chi connectivity index (χ4n) is 11.6. The van der Waals surface area contributed by atoms with E-state index in [0.29, 0.717) is 25.7 Å². The van der Waals surface area contributed by atoms with E-state index in [1.54, 1.807) is 0 Å². The third-order valence-electron chi connectivity index (χ3n) is 18.0. The fraction of sp³-hybridized carbons (Fsp3) is 0.947. The lowest BCUT2D eigenvalue weighted by Gasteiger charge is -2.21. The minimum Gasteiger partial charge on any atom is -0.462 e. The van der Waals surface area contributed by atoms with E-state index in [9.17, 15) is 43.2 Å². The molecule has 0 amide bonds. The first-order valence-corrected chi connectivity index (χ1v) is 42.4. The molecule has 0 saturated heterocycles. The molecule has 0 saturated carbocycles. The number of aliphatic hydroxyl groups excluding tert-OH is 1. The lowest BCUT2D eigenvalue weighted by Crippen LogP contribution is -2.30. The molecule has 17 nitrogen and oxygen atoms in total. The summed E-state index contributed by atoms with van der Waals surface area (Å²) in [5.41, 5.74) is 0. The van der Waals surface area contributed by atoms with Gasteiger partial charge in [0.1, 0.15) is 19.3 Å². The van der Waals surface area contributed by atoms with Gasteiger partial charge in [-0.25, -0.2) is 9.13 Å².